The van der Waals surface area contributed by atoms with Crippen molar-refractivity contribution in [1.82, 2.24) is 9.97 Å². The molecule has 0 amide bonds. The number of carboxylic acid groups (broad SMARTS) is 1. The van der Waals surface area contributed by atoms with E-state index in [0.717, 1.165) is 34.8 Å². The van der Waals surface area contributed by atoms with Gasteiger partial charge in [0.1, 0.15) is 5.75 Å². The van der Waals surface area contributed by atoms with Crippen LogP contribution in [-0.4, -0.2) is 79.9 Å². The quantitative estimate of drug-likeness (QED) is 0.132. The first kappa shape index (κ1) is 38.4. The molecule has 1 heterocycles. The Morgan fingerprint density at radius 1 is 0.653 bits per heavy atom. The number of carboxylic acids is 1. The zero-order chi connectivity index (χ0) is 36.5. The fourth-order valence-corrected chi connectivity index (χ4v) is 3.55. The van der Waals surface area contributed by atoms with Gasteiger partial charge in [0.15, 0.2) is 34.5 Å². The fraction of sp³-hybridized carbons (Fsp3) is 0.0606. The van der Waals surface area contributed by atoms with E-state index in [-0.39, 0.29) is 34.3 Å². The Morgan fingerprint density at radius 3 is 1.69 bits per heavy atom. The number of rotatable bonds is 3. The molecule has 0 radical (unpaired) electrons. The molecule has 0 atom stereocenters. The summed E-state index contributed by atoms with van der Waals surface area (Å²) in [5, 5.41) is 44.6. The van der Waals surface area contributed by atoms with E-state index in [1.165, 1.54) is 32.4 Å². The number of phenolic OH excluding ortho intramolecular Hbond substituents is 3. The van der Waals surface area contributed by atoms with E-state index in [1.807, 2.05) is 24.3 Å². The van der Waals surface area contributed by atoms with Crippen molar-refractivity contribution in [3.8, 4) is 28.7 Å². The average Bonchev–Trinajstić information content (AvgIpc) is 3.06. The first-order valence-corrected chi connectivity index (χ1v) is 14.5. The Kier molecular flexibility index (Phi) is 14.9. The van der Waals surface area contributed by atoms with Crippen LogP contribution in [-0.2, 0) is 20.2 Å². The Labute approximate surface area is 279 Å². The molecule has 0 bridgehead atoms. The number of phenols is 3. The van der Waals surface area contributed by atoms with Gasteiger partial charge in [0.25, 0.3) is 0 Å². The summed E-state index contributed by atoms with van der Waals surface area (Å²) in [6, 6.07) is 23.4. The number of carbonyl (C=O) groups excluding carboxylic acids is 2. The number of nitrogens with zero attached hydrogens (tertiary/aromatic N) is 2. The topological polar surface area (TPSA) is 248 Å². The Hall–Kier alpha value is -6.81. The van der Waals surface area contributed by atoms with Gasteiger partial charge in [-0.1, -0.05) is 24.3 Å². The van der Waals surface area contributed by atoms with Gasteiger partial charge in [-0.25, -0.2) is 14.8 Å². The molecule has 0 saturated carbocycles. The van der Waals surface area contributed by atoms with Crippen LogP contribution in [0, 0.1) is 0 Å². The number of aromatic hydroxyl groups is 3. The standard InChI is InChI=1S/C12H8N2O.C8H8O4.C7H8O2.C6H4O3.O3S/c15-8-5-6-11-12(7-8)14-10-4-2-1-3-9(10)13-11;1-12-7-4-5(8(10)11)2-3-6(7)9;1-9-7-5-3-2-4-6(7)8;7-4-1-2-5(8)6(9)3-4;1-4(2)3/h1-7,15H;2-4,9H,1H3,(H,10,11);2-5,8H,1H3;1-3,9H;. The number of para-hydroxylation sites is 4. The number of aromatic nitrogens is 2. The van der Waals surface area contributed by atoms with Gasteiger partial charge in [0.05, 0.1) is 41.8 Å². The Balaban J connectivity index is 0.000000223. The third-order valence-corrected chi connectivity index (χ3v) is 5.76. The molecule has 0 unspecified atom stereocenters. The second-order valence-corrected chi connectivity index (χ2v) is 9.49. The number of ether oxygens (including phenoxy) is 2. The monoisotopic (exact) mass is 692 g/mol. The van der Waals surface area contributed by atoms with E-state index < -0.39 is 28.1 Å². The van der Waals surface area contributed by atoms with Gasteiger partial charge < -0.3 is 35.0 Å². The van der Waals surface area contributed by atoms with Gasteiger partial charge in [0, 0.05) is 12.1 Å². The molecule has 0 spiro atoms. The van der Waals surface area contributed by atoms with Crippen molar-refractivity contribution in [2.24, 2.45) is 0 Å². The van der Waals surface area contributed by atoms with Crippen molar-refractivity contribution in [3.63, 3.8) is 0 Å². The molecule has 5 N–H and O–H groups in total. The highest BCUT2D eigenvalue weighted by atomic mass is 32.2. The van der Waals surface area contributed by atoms with Crippen molar-refractivity contribution in [2.75, 3.05) is 14.2 Å². The number of benzene rings is 4. The highest BCUT2D eigenvalue weighted by Gasteiger charge is 2.10. The van der Waals surface area contributed by atoms with E-state index in [9.17, 15) is 19.5 Å². The summed E-state index contributed by atoms with van der Waals surface area (Å²) in [5.41, 5.74) is 3.32. The first-order valence-electron chi connectivity index (χ1n) is 13.5. The zero-order valence-corrected chi connectivity index (χ0v) is 26.4. The van der Waals surface area contributed by atoms with Crippen LogP contribution in [0.1, 0.15) is 10.4 Å². The molecule has 15 nitrogen and oxygen atoms in total. The maximum Gasteiger partial charge on any atom is 0.425 e. The minimum atomic E-state index is -3.11. The van der Waals surface area contributed by atoms with E-state index in [2.05, 4.69) is 9.97 Å². The number of carbonyl (C=O) groups is 3. The number of aromatic carboxylic acids is 1. The van der Waals surface area contributed by atoms with E-state index in [4.69, 9.17) is 42.5 Å². The number of ketones is 2. The summed E-state index contributed by atoms with van der Waals surface area (Å²) in [5.74, 6) is -1.40. The zero-order valence-electron chi connectivity index (χ0n) is 25.6. The first-order chi connectivity index (χ1) is 23.2. The minimum Gasteiger partial charge on any atom is -0.508 e. The predicted molar refractivity (Wildman–Crippen MR) is 175 cm³/mol. The van der Waals surface area contributed by atoms with E-state index >= 15 is 0 Å². The maximum atomic E-state index is 10.4. The van der Waals surface area contributed by atoms with Gasteiger partial charge in [-0.3, -0.25) is 9.59 Å². The summed E-state index contributed by atoms with van der Waals surface area (Å²) in [6.45, 7) is 0. The fourth-order valence-electron chi connectivity index (χ4n) is 3.55. The summed E-state index contributed by atoms with van der Waals surface area (Å²) in [6.07, 6.45) is 3.04. The number of hydrogen-bond donors (Lipinski definition) is 5. The molecular weight excluding hydrogens is 664 g/mol. The molecule has 1 aromatic heterocycles. The number of aliphatic hydroxyl groups excluding tert-OH is 1. The molecule has 16 heteroatoms. The molecule has 0 fully saturated rings. The van der Waals surface area contributed by atoms with Crippen molar-refractivity contribution in [3.05, 3.63) is 114 Å². The lowest BCUT2D eigenvalue weighted by Gasteiger charge is -2.02. The smallest absolute Gasteiger partial charge is 0.425 e. The van der Waals surface area contributed by atoms with Crippen molar-refractivity contribution in [2.45, 2.75) is 0 Å². The van der Waals surface area contributed by atoms with Crippen molar-refractivity contribution < 1.29 is 62.0 Å². The lowest BCUT2D eigenvalue weighted by molar-refractivity contribution is -0.116. The molecule has 1 aliphatic rings. The lowest BCUT2D eigenvalue weighted by atomic mass is 10.1. The number of allylic oxidation sites excluding steroid dienone is 3. The highest BCUT2D eigenvalue weighted by molar-refractivity contribution is 7.59. The molecule has 49 heavy (non-hydrogen) atoms. The van der Waals surface area contributed by atoms with Gasteiger partial charge in [-0.05, 0) is 66.7 Å². The Morgan fingerprint density at radius 2 is 1.18 bits per heavy atom. The second-order valence-electron chi connectivity index (χ2n) is 9.08. The number of hydrogen-bond acceptors (Lipinski definition) is 14. The third kappa shape index (κ3) is 12.8. The molecule has 0 aliphatic heterocycles. The molecule has 5 aromatic rings. The molecule has 6 rings (SSSR count). The normalized spacial score (nSPS) is 11.1. The van der Waals surface area contributed by atoms with Crippen LogP contribution in [0.3, 0.4) is 0 Å². The maximum absolute atomic E-state index is 10.4. The van der Waals surface area contributed by atoms with Crippen LogP contribution in [0.25, 0.3) is 22.1 Å². The summed E-state index contributed by atoms with van der Waals surface area (Å²) in [7, 11) is -0.226. The van der Waals surface area contributed by atoms with E-state index in [1.54, 1.807) is 42.5 Å². The third-order valence-electron chi connectivity index (χ3n) is 5.76. The van der Waals surface area contributed by atoms with Gasteiger partial charge >= 0.3 is 16.6 Å². The van der Waals surface area contributed by atoms with E-state index in [0.29, 0.717) is 11.3 Å². The van der Waals surface area contributed by atoms with Gasteiger partial charge in [0.2, 0.25) is 5.78 Å². The largest absolute Gasteiger partial charge is 0.508 e. The van der Waals surface area contributed by atoms with Crippen LogP contribution in [0.15, 0.2) is 109 Å². The lowest BCUT2D eigenvalue weighted by Crippen LogP contribution is -2.05. The summed E-state index contributed by atoms with van der Waals surface area (Å²) >= 11 is 0. The van der Waals surface area contributed by atoms with Crippen molar-refractivity contribution >= 4 is 50.2 Å². The highest BCUT2D eigenvalue weighted by Crippen LogP contribution is 2.26. The molecule has 4 aromatic carbocycles. The van der Waals surface area contributed by atoms with Crippen LogP contribution >= 0.6 is 0 Å². The predicted octanol–water partition coefficient (Wildman–Crippen LogP) is 4.12. The Bertz CT molecular complexity index is 2120. The summed E-state index contributed by atoms with van der Waals surface area (Å²) in [4.78, 5) is 40.0. The molecular formula is C33H28N2O13S. The SMILES string of the molecule is COc1cc(C(=O)O)ccc1O.COc1ccccc1O.O=C1C=CC(=O)C(O)=C1.O=S(=O)=O.Oc1ccc2nc3ccccc3nc2c1. The van der Waals surface area contributed by atoms with Crippen LogP contribution in [0.4, 0.5) is 0 Å². The van der Waals surface area contributed by atoms with Gasteiger partial charge in [-0.15, -0.1) is 12.6 Å². The van der Waals surface area contributed by atoms with Gasteiger partial charge in [-0.2, -0.15) is 0 Å². The summed E-state index contributed by atoms with van der Waals surface area (Å²) < 4.78 is 34.9. The van der Waals surface area contributed by atoms with Crippen LogP contribution in [0.2, 0.25) is 0 Å². The second kappa shape index (κ2) is 19.0. The average molecular weight is 693 g/mol. The number of methoxy groups -OCH3 is 2. The van der Waals surface area contributed by atoms with Crippen LogP contribution < -0.4 is 9.47 Å². The van der Waals surface area contributed by atoms with Crippen molar-refractivity contribution in [1.29, 1.82) is 0 Å². The minimum absolute atomic E-state index is 0.0671. The molecule has 0 saturated heterocycles. The number of aliphatic hydroxyl groups is 1. The number of fused-ring (bicyclic) bond motifs is 2. The molecule has 1 aliphatic carbocycles. The molecule has 254 valence electrons. The van der Waals surface area contributed by atoms with Crippen LogP contribution in [0.5, 0.6) is 28.7 Å².